The molecule has 0 aromatic heterocycles. The molecule has 17 heavy (non-hydrogen) atoms. The molecule has 0 spiro atoms. The van der Waals surface area contributed by atoms with Crippen molar-refractivity contribution in [3.8, 4) is 11.5 Å². The van der Waals surface area contributed by atoms with Gasteiger partial charge in [-0.15, -0.1) is 0 Å². The van der Waals surface area contributed by atoms with Crippen LogP contribution in [0.1, 0.15) is 18.5 Å². The van der Waals surface area contributed by atoms with Crippen molar-refractivity contribution in [2.45, 2.75) is 19.0 Å². The lowest BCUT2D eigenvalue weighted by molar-refractivity contribution is 0.330. The summed E-state index contributed by atoms with van der Waals surface area (Å²) < 4.78 is 10.6. The zero-order valence-electron chi connectivity index (χ0n) is 10.6. The summed E-state index contributed by atoms with van der Waals surface area (Å²) in [6.07, 6.45) is 0. The summed E-state index contributed by atoms with van der Waals surface area (Å²) in [5, 5.41) is 6.81. The topological polar surface area (TPSA) is 42.5 Å². The van der Waals surface area contributed by atoms with Gasteiger partial charge in [0.15, 0.2) is 0 Å². The van der Waals surface area contributed by atoms with Gasteiger partial charge >= 0.3 is 0 Å². The zero-order chi connectivity index (χ0) is 12.3. The van der Waals surface area contributed by atoms with Crippen LogP contribution in [0.4, 0.5) is 0 Å². The summed E-state index contributed by atoms with van der Waals surface area (Å²) in [6.45, 7) is 4.23. The van der Waals surface area contributed by atoms with Crippen LogP contribution < -0.4 is 20.1 Å². The van der Waals surface area contributed by atoms with Crippen LogP contribution in [0.2, 0.25) is 0 Å². The summed E-state index contributed by atoms with van der Waals surface area (Å²) in [7, 11) is 3.38. The Morgan fingerprint density at radius 3 is 2.59 bits per heavy atom. The number of nitrogens with one attached hydrogen (secondary N) is 2. The maximum atomic E-state index is 5.39. The predicted molar refractivity (Wildman–Crippen MR) is 67.8 cm³/mol. The normalized spacial score (nSPS) is 17.4. The molecular weight excluding hydrogens is 216 g/mol. The van der Waals surface area contributed by atoms with Crippen molar-refractivity contribution >= 4 is 0 Å². The summed E-state index contributed by atoms with van der Waals surface area (Å²) in [6, 6.07) is 6.71. The molecule has 1 unspecified atom stereocenters. The molecule has 1 aromatic carbocycles. The molecule has 1 aliphatic rings. The molecule has 4 nitrogen and oxygen atoms in total. The molecule has 1 aromatic rings. The molecule has 1 aliphatic heterocycles. The second-order valence-corrected chi connectivity index (χ2v) is 4.35. The number of benzene rings is 1. The molecule has 1 atom stereocenters. The van der Waals surface area contributed by atoms with Crippen molar-refractivity contribution in [1.29, 1.82) is 0 Å². The lowest BCUT2D eigenvalue weighted by Crippen LogP contribution is -2.55. The second-order valence-electron chi connectivity index (χ2n) is 4.35. The standard InChI is InChI=1S/C13H20N2O2/c1-9(15-10-7-14-8-10)12-6-11(16-2)4-5-13(12)17-3/h4-6,9-10,14-15H,7-8H2,1-3H3. The first kappa shape index (κ1) is 12.2. The Morgan fingerprint density at radius 2 is 2.06 bits per heavy atom. The van der Waals surface area contributed by atoms with Gasteiger partial charge in [0.1, 0.15) is 11.5 Å². The minimum absolute atomic E-state index is 0.257. The first-order valence-electron chi connectivity index (χ1n) is 5.93. The molecular formula is C13H20N2O2. The van der Waals surface area contributed by atoms with E-state index in [1.165, 1.54) is 0 Å². The predicted octanol–water partition coefficient (Wildman–Crippen LogP) is 1.33. The van der Waals surface area contributed by atoms with E-state index in [-0.39, 0.29) is 6.04 Å². The molecule has 4 heteroatoms. The van der Waals surface area contributed by atoms with Crippen LogP contribution in [0, 0.1) is 0 Å². The van der Waals surface area contributed by atoms with E-state index in [2.05, 4.69) is 17.6 Å². The number of methoxy groups -OCH3 is 2. The highest BCUT2D eigenvalue weighted by atomic mass is 16.5. The van der Waals surface area contributed by atoms with E-state index in [4.69, 9.17) is 9.47 Å². The van der Waals surface area contributed by atoms with Gasteiger partial charge in [-0.1, -0.05) is 0 Å². The third kappa shape index (κ3) is 2.70. The van der Waals surface area contributed by atoms with Crippen molar-refractivity contribution in [3.63, 3.8) is 0 Å². The molecule has 2 rings (SSSR count). The third-order valence-electron chi connectivity index (χ3n) is 3.17. The quantitative estimate of drug-likeness (QED) is 0.809. The fourth-order valence-corrected chi connectivity index (χ4v) is 2.03. The SMILES string of the molecule is COc1ccc(OC)c(C(C)NC2CNC2)c1. The van der Waals surface area contributed by atoms with Gasteiger partial charge in [-0.2, -0.15) is 0 Å². The molecule has 2 N–H and O–H groups in total. The Bertz CT molecular complexity index is 378. The molecule has 1 heterocycles. The van der Waals surface area contributed by atoms with Crippen LogP contribution >= 0.6 is 0 Å². The van der Waals surface area contributed by atoms with Gasteiger partial charge in [0.2, 0.25) is 0 Å². The largest absolute Gasteiger partial charge is 0.497 e. The van der Waals surface area contributed by atoms with E-state index in [1.807, 2.05) is 18.2 Å². The third-order valence-corrected chi connectivity index (χ3v) is 3.17. The van der Waals surface area contributed by atoms with Gasteiger partial charge in [0.25, 0.3) is 0 Å². The van der Waals surface area contributed by atoms with Crippen molar-refractivity contribution < 1.29 is 9.47 Å². The minimum atomic E-state index is 0.257. The van der Waals surface area contributed by atoms with Crippen molar-refractivity contribution in [1.82, 2.24) is 10.6 Å². The van der Waals surface area contributed by atoms with Gasteiger partial charge in [-0.3, -0.25) is 0 Å². The Morgan fingerprint density at radius 1 is 1.29 bits per heavy atom. The Balaban J connectivity index is 2.15. The van der Waals surface area contributed by atoms with E-state index in [0.29, 0.717) is 6.04 Å². The molecule has 1 fully saturated rings. The fourth-order valence-electron chi connectivity index (χ4n) is 2.03. The average molecular weight is 236 g/mol. The summed E-state index contributed by atoms with van der Waals surface area (Å²) >= 11 is 0. The van der Waals surface area contributed by atoms with Gasteiger partial charge in [0.05, 0.1) is 14.2 Å². The van der Waals surface area contributed by atoms with E-state index in [0.717, 1.165) is 30.2 Å². The molecule has 0 radical (unpaired) electrons. The van der Waals surface area contributed by atoms with Gasteiger partial charge in [0, 0.05) is 30.7 Å². The van der Waals surface area contributed by atoms with Crippen LogP contribution in [0.25, 0.3) is 0 Å². The number of ether oxygens (including phenoxy) is 2. The Hall–Kier alpha value is -1.26. The lowest BCUT2D eigenvalue weighted by atomic mass is 10.0. The first-order chi connectivity index (χ1) is 8.24. The molecule has 0 aliphatic carbocycles. The van der Waals surface area contributed by atoms with Gasteiger partial charge < -0.3 is 20.1 Å². The number of hydrogen-bond acceptors (Lipinski definition) is 4. The van der Waals surface area contributed by atoms with E-state index in [1.54, 1.807) is 14.2 Å². The highest BCUT2D eigenvalue weighted by Crippen LogP contribution is 2.29. The first-order valence-corrected chi connectivity index (χ1v) is 5.93. The fraction of sp³-hybridized carbons (Fsp3) is 0.538. The summed E-state index contributed by atoms with van der Waals surface area (Å²) in [5.74, 6) is 1.76. The van der Waals surface area contributed by atoms with Crippen LogP contribution in [0.15, 0.2) is 18.2 Å². The minimum Gasteiger partial charge on any atom is -0.497 e. The lowest BCUT2D eigenvalue weighted by Gasteiger charge is -2.31. The van der Waals surface area contributed by atoms with Crippen LogP contribution in [-0.2, 0) is 0 Å². The maximum absolute atomic E-state index is 5.39. The number of hydrogen-bond donors (Lipinski definition) is 2. The summed E-state index contributed by atoms with van der Waals surface area (Å²) in [4.78, 5) is 0. The highest BCUT2D eigenvalue weighted by molar-refractivity contribution is 5.42. The second kappa shape index (κ2) is 5.38. The maximum Gasteiger partial charge on any atom is 0.123 e. The number of rotatable bonds is 5. The van der Waals surface area contributed by atoms with Gasteiger partial charge in [-0.25, -0.2) is 0 Å². The van der Waals surface area contributed by atoms with E-state index < -0.39 is 0 Å². The molecule has 0 bridgehead atoms. The van der Waals surface area contributed by atoms with Crippen LogP contribution in [-0.4, -0.2) is 33.4 Å². The Labute approximate surface area is 102 Å². The monoisotopic (exact) mass is 236 g/mol. The zero-order valence-corrected chi connectivity index (χ0v) is 10.6. The molecule has 94 valence electrons. The van der Waals surface area contributed by atoms with Crippen molar-refractivity contribution in [3.05, 3.63) is 23.8 Å². The van der Waals surface area contributed by atoms with E-state index >= 15 is 0 Å². The molecule has 0 amide bonds. The van der Waals surface area contributed by atoms with Crippen molar-refractivity contribution in [2.24, 2.45) is 0 Å². The van der Waals surface area contributed by atoms with E-state index in [9.17, 15) is 0 Å². The van der Waals surface area contributed by atoms with Crippen LogP contribution in [0.5, 0.6) is 11.5 Å². The molecule has 1 saturated heterocycles. The Kier molecular flexibility index (Phi) is 3.86. The van der Waals surface area contributed by atoms with Crippen LogP contribution in [0.3, 0.4) is 0 Å². The van der Waals surface area contributed by atoms with Crippen molar-refractivity contribution in [2.75, 3.05) is 27.3 Å². The smallest absolute Gasteiger partial charge is 0.123 e. The highest BCUT2D eigenvalue weighted by Gasteiger charge is 2.21. The average Bonchev–Trinajstić information content (AvgIpc) is 2.32. The summed E-state index contributed by atoms with van der Waals surface area (Å²) in [5.41, 5.74) is 1.14. The van der Waals surface area contributed by atoms with Gasteiger partial charge in [-0.05, 0) is 25.1 Å². The molecule has 0 saturated carbocycles.